The highest BCUT2D eigenvalue weighted by molar-refractivity contribution is 7.99. The van der Waals surface area contributed by atoms with E-state index in [0.717, 1.165) is 29.0 Å². The van der Waals surface area contributed by atoms with Crippen LogP contribution in [-0.4, -0.2) is 46.1 Å². The van der Waals surface area contributed by atoms with E-state index in [0.29, 0.717) is 34.7 Å². The summed E-state index contributed by atoms with van der Waals surface area (Å²) in [6.45, 7) is 9.01. The molecule has 0 aliphatic carbocycles. The average molecular weight is 501 g/mol. The predicted octanol–water partition coefficient (Wildman–Crippen LogP) is 5.20. The summed E-state index contributed by atoms with van der Waals surface area (Å²) in [4.78, 5) is 25.4. The highest BCUT2D eigenvalue weighted by Gasteiger charge is 2.19. The Bertz CT molecular complexity index is 1140. The molecule has 2 aromatic heterocycles. The maximum Gasteiger partial charge on any atom is 0.340 e. The number of methoxy groups -OCH3 is 1. The van der Waals surface area contributed by atoms with Crippen molar-refractivity contribution in [1.29, 1.82) is 0 Å². The monoisotopic (exact) mass is 500 g/mol. The molecule has 0 spiro atoms. The number of hydrogen-bond acceptors (Lipinski definition) is 8. The lowest BCUT2D eigenvalue weighted by atomic mass is 10.2. The molecule has 2 heterocycles. The van der Waals surface area contributed by atoms with Gasteiger partial charge in [0.15, 0.2) is 11.0 Å². The van der Waals surface area contributed by atoms with Crippen molar-refractivity contribution in [2.45, 2.75) is 38.4 Å². The van der Waals surface area contributed by atoms with E-state index in [2.05, 4.69) is 29.0 Å². The van der Waals surface area contributed by atoms with E-state index in [1.807, 2.05) is 35.8 Å². The molecule has 0 bridgehead atoms. The Labute approximate surface area is 207 Å². The second-order valence-corrected chi connectivity index (χ2v) is 9.56. The average Bonchev–Trinajstić information content (AvgIpc) is 3.41. The van der Waals surface area contributed by atoms with Crippen LogP contribution in [0.3, 0.4) is 0 Å². The van der Waals surface area contributed by atoms with Gasteiger partial charge in [0.05, 0.1) is 25.0 Å². The largest absolute Gasteiger partial charge is 0.494 e. The van der Waals surface area contributed by atoms with Crippen LogP contribution in [0.25, 0.3) is 11.4 Å². The number of aryl methyl sites for hydroxylation is 1. The van der Waals surface area contributed by atoms with Gasteiger partial charge in [-0.05, 0) is 43.7 Å². The van der Waals surface area contributed by atoms with Gasteiger partial charge in [-0.2, -0.15) is 0 Å². The molecular formula is C24H28N4O4S2. The van der Waals surface area contributed by atoms with Gasteiger partial charge >= 0.3 is 5.97 Å². The molecule has 0 atom stereocenters. The summed E-state index contributed by atoms with van der Waals surface area (Å²) in [6, 6.07) is 9.42. The number of thiophene rings is 1. The Morgan fingerprint density at radius 1 is 1.26 bits per heavy atom. The number of carbonyl (C=O) groups excluding carboxylic acids is 2. The number of aromatic nitrogens is 3. The molecule has 0 aliphatic heterocycles. The number of unbranched alkanes of at least 4 members (excludes halogenated alkanes) is 1. The second kappa shape index (κ2) is 12.4. The topological polar surface area (TPSA) is 95.3 Å². The van der Waals surface area contributed by atoms with Gasteiger partial charge in [0.1, 0.15) is 10.8 Å². The first-order valence-electron chi connectivity index (χ1n) is 10.9. The number of thioether (sulfide) groups is 1. The molecule has 10 heteroatoms. The fourth-order valence-electron chi connectivity index (χ4n) is 3.10. The van der Waals surface area contributed by atoms with Gasteiger partial charge in [-0.15, -0.1) is 28.1 Å². The third-order valence-corrected chi connectivity index (χ3v) is 6.69. The Balaban J connectivity index is 1.68. The van der Waals surface area contributed by atoms with E-state index in [4.69, 9.17) is 9.47 Å². The van der Waals surface area contributed by atoms with Crippen LogP contribution in [0.1, 0.15) is 35.0 Å². The van der Waals surface area contributed by atoms with Gasteiger partial charge in [-0.25, -0.2) is 4.79 Å². The molecule has 3 aromatic rings. The number of nitrogens with one attached hydrogen (secondary N) is 1. The van der Waals surface area contributed by atoms with Crippen LogP contribution in [0.2, 0.25) is 0 Å². The maximum atomic E-state index is 12.6. The number of rotatable bonds is 12. The quantitative estimate of drug-likeness (QED) is 0.158. The van der Waals surface area contributed by atoms with Crippen LogP contribution in [0.15, 0.2) is 48.1 Å². The molecule has 1 N–H and O–H groups in total. The molecule has 0 saturated carbocycles. The number of nitrogens with zero attached hydrogens (tertiary/aromatic N) is 3. The van der Waals surface area contributed by atoms with Crippen LogP contribution in [-0.2, 0) is 16.1 Å². The fourth-order valence-corrected chi connectivity index (χ4v) is 4.76. The number of amides is 1. The highest BCUT2D eigenvalue weighted by atomic mass is 32.2. The highest BCUT2D eigenvalue weighted by Crippen LogP contribution is 2.29. The minimum Gasteiger partial charge on any atom is -0.494 e. The smallest absolute Gasteiger partial charge is 0.340 e. The van der Waals surface area contributed by atoms with E-state index >= 15 is 0 Å². The lowest BCUT2D eigenvalue weighted by Gasteiger charge is -2.09. The molecule has 1 aromatic carbocycles. The van der Waals surface area contributed by atoms with Crippen molar-refractivity contribution in [2.75, 3.05) is 24.8 Å². The maximum absolute atomic E-state index is 12.6. The SMILES string of the molecule is C=CCn1c(SCC(=O)Nc2sc(C)cc2C(=O)OC)nnc1-c1ccc(OCCCC)cc1. The Morgan fingerprint density at radius 2 is 2.03 bits per heavy atom. The van der Waals surface area contributed by atoms with Crippen LogP contribution in [0, 0.1) is 6.92 Å². The zero-order valence-electron chi connectivity index (χ0n) is 19.5. The van der Waals surface area contributed by atoms with E-state index in [1.54, 1.807) is 12.1 Å². The molecule has 0 radical (unpaired) electrons. The van der Waals surface area contributed by atoms with Gasteiger partial charge < -0.3 is 14.8 Å². The Hall–Kier alpha value is -3.11. The molecule has 34 heavy (non-hydrogen) atoms. The fraction of sp³-hybridized carbons (Fsp3) is 0.333. The minimum absolute atomic E-state index is 0.108. The van der Waals surface area contributed by atoms with Crippen LogP contribution in [0.4, 0.5) is 5.00 Å². The second-order valence-electron chi connectivity index (χ2n) is 7.36. The van der Waals surface area contributed by atoms with Crippen molar-refractivity contribution >= 4 is 40.0 Å². The summed E-state index contributed by atoms with van der Waals surface area (Å²) < 4.78 is 12.4. The Kier molecular flexibility index (Phi) is 9.29. The number of benzene rings is 1. The molecule has 8 nitrogen and oxygen atoms in total. The van der Waals surface area contributed by atoms with Gasteiger partial charge in [0, 0.05) is 17.0 Å². The number of anilines is 1. The summed E-state index contributed by atoms with van der Waals surface area (Å²) in [5, 5.41) is 12.5. The molecule has 0 saturated heterocycles. The molecule has 0 fully saturated rings. The van der Waals surface area contributed by atoms with E-state index in [-0.39, 0.29) is 11.7 Å². The van der Waals surface area contributed by atoms with E-state index in [1.165, 1.54) is 30.2 Å². The minimum atomic E-state index is -0.482. The first kappa shape index (κ1) is 25.5. The molecule has 3 rings (SSSR count). The van der Waals surface area contributed by atoms with Gasteiger partial charge in [-0.3, -0.25) is 9.36 Å². The lowest BCUT2D eigenvalue weighted by Crippen LogP contribution is -2.16. The number of hydrogen-bond donors (Lipinski definition) is 1. The third kappa shape index (κ3) is 6.48. The van der Waals surface area contributed by atoms with Crippen LogP contribution < -0.4 is 10.1 Å². The van der Waals surface area contributed by atoms with E-state index in [9.17, 15) is 9.59 Å². The summed E-state index contributed by atoms with van der Waals surface area (Å²) >= 11 is 2.60. The third-order valence-electron chi connectivity index (χ3n) is 4.75. The van der Waals surface area contributed by atoms with Crippen molar-refractivity contribution in [3.05, 3.63) is 53.4 Å². The summed E-state index contributed by atoms with van der Waals surface area (Å²) in [7, 11) is 1.31. The predicted molar refractivity (Wildman–Crippen MR) is 136 cm³/mol. The molecule has 0 aliphatic rings. The van der Waals surface area contributed by atoms with E-state index < -0.39 is 5.97 Å². The van der Waals surface area contributed by atoms with Crippen molar-refractivity contribution in [3.8, 4) is 17.1 Å². The van der Waals surface area contributed by atoms with Crippen molar-refractivity contribution in [1.82, 2.24) is 14.8 Å². The number of allylic oxidation sites excluding steroid dienone is 1. The lowest BCUT2D eigenvalue weighted by molar-refractivity contribution is -0.113. The normalized spacial score (nSPS) is 10.7. The van der Waals surface area contributed by atoms with Gasteiger partial charge in [0.2, 0.25) is 5.91 Å². The van der Waals surface area contributed by atoms with Crippen molar-refractivity contribution in [2.24, 2.45) is 0 Å². The molecular weight excluding hydrogens is 472 g/mol. The first-order valence-corrected chi connectivity index (χ1v) is 12.7. The summed E-state index contributed by atoms with van der Waals surface area (Å²) in [5.74, 6) is 0.875. The molecule has 180 valence electrons. The van der Waals surface area contributed by atoms with Crippen LogP contribution >= 0.6 is 23.1 Å². The van der Waals surface area contributed by atoms with Gasteiger partial charge in [0.25, 0.3) is 0 Å². The van der Waals surface area contributed by atoms with Crippen molar-refractivity contribution in [3.63, 3.8) is 0 Å². The van der Waals surface area contributed by atoms with Gasteiger partial charge in [-0.1, -0.05) is 31.2 Å². The molecule has 0 unspecified atom stereocenters. The number of esters is 1. The number of carbonyl (C=O) groups is 2. The zero-order valence-corrected chi connectivity index (χ0v) is 21.1. The summed E-state index contributed by atoms with van der Waals surface area (Å²) in [6.07, 6.45) is 3.86. The van der Waals surface area contributed by atoms with Crippen LogP contribution in [0.5, 0.6) is 5.75 Å². The Morgan fingerprint density at radius 3 is 2.71 bits per heavy atom. The standard InChI is InChI=1S/C24H28N4O4S2/c1-5-7-13-32-18-10-8-17(9-11-18)21-26-27-24(28(21)12-6-2)33-15-20(29)25-22-19(23(30)31-4)14-16(3)34-22/h6,8-11,14H,2,5,7,12-13,15H2,1,3-4H3,(H,25,29). The molecule has 1 amide bonds. The first-order chi connectivity index (χ1) is 16.5. The zero-order chi connectivity index (χ0) is 24.5. The summed E-state index contributed by atoms with van der Waals surface area (Å²) in [5.41, 5.74) is 1.24. The number of ether oxygens (including phenoxy) is 2. The van der Waals surface area contributed by atoms with Crippen molar-refractivity contribution < 1.29 is 19.1 Å².